The van der Waals surface area contributed by atoms with E-state index in [1.165, 1.54) is 6.26 Å². The Hall–Kier alpha value is -0.130. The molecule has 0 spiro atoms. The lowest BCUT2D eigenvalue weighted by Gasteiger charge is -2.24. The van der Waals surface area contributed by atoms with Gasteiger partial charge in [-0.1, -0.05) is 0 Å². The average molecular weight is 208 g/mol. The molecule has 4 nitrogen and oxygen atoms in total. The van der Waals surface area contributed by atoms with E-state index < -0.39 is 14.6 Å². The van der Waals surface area contributed by atoms with E-state index in [0.29, 0.717) is 13.1 Å². The third kappa shape index (κ3) is 4.06. The Morgan fingerprint density at radius 3 is 2.23 bits per heavy atom. The Labute approximate surface area is 80.8 Å². The Bertz CT molecular complexity index is 247. The standard InChI is InChI=1S/C8H20N2O2S/c1-7(5-9)10-6-8(2,3)13(4,11)12/h7,10H,5-6,9H2,1-4H3/t7-/m1/s1. The minimum atomic E-state index is -3.01. The Balaban J connectivity index is 4.21. The Kier molecular flexibility index (Phi) is 4.35. The highest BCUT2D eigenvalue weighted by Crippen LogP contribution is 2.13. The van der Waals surface area contributed by atoms with Gasteiger partial charge in [-0.25, -0.2) is 8.42 Å². The molecule has 0 aliphatic carbocycles. The van der Waals surface area contributed by atoms with E-state index in [4.69, 9.17) is 5.73 Å². The van der Waals surface area contributed by atoms with Crippen molar-refractivity contribution in [3.8, 4) is 0 Å². The van der Waals surface area contributed by atoms with Crippen LogP contribution in [0.3, 0.4) is 0 Å². The van der Waals surface area contributed by atoms with E-state index in [0.717, 1.165) is 0 Å². The van der Waals surface area contributed by atoms with Gasteiger partial charge in [0, 0.05) is 25.4 Å². The van der Waals surface area contributed by atoms with Gasteiger partial charge in [-0.2, -0.15) is 0 Å². The molecule has 80 valence electrons. The van der Waals surface area contributed by atoms with Crippen molar-refractivity contribution in [2.45, 2.75) is 31.6 Å². The molecule has 0 aliphatic rings. The van der Waals surface area contributed by atoms with Crippen LogP contribution in [-0.4, -0.2) is 38.6 Å². The summed E-state index contributed by atoms with van der Waals surface area (Å²) in [5.74, 6) is 0. The zero-order valence-electron chi connectivity index (χ0n) is 8.79. The molecule has 0 saturated carbocycles. The van der Waals surface area contributed by atoms with Crippen molar-refractivity contribution in [3.63, 3.8) is 0 Å². The highest BCUT2D eigenvalue weighted by Gasteiger charge is 2.29. The fourth-order valence-electron chi connectivity index (χ4n) is 0.634. The highest BCUT2D eigenvalue weighted by atomic mass is 32.2. The number of hydrogen-bond acceptors (Lipinski definition) is 4. The normalized spacial score (nSPS) is 15.8. The van der Waals surface area contributed by atoms with Gasteiger partial charge in [-0.3, -0.25) is 0 Å². The van der Waals surface area contributed by atoms with Crippen LogP contribution < -0.4 is 11.1 Å². The molecule has 0 fully saturated rings. The molecule has 0 aromatic carbocycles. The fourth-order valence-corrected chi connectivity index (χ4v) is 0.980. The van der Waals surface area contributed by atoms with E-state index in [1.54, 1.807) is 13.8 Å². The molecular formula is C8H20N2O2S. The van der Waals surface area contributed by atoms with Crippen molar-refractivity contribution in [2.24, 2.45) is 5.73 Å². The van der Waals surface area contributed by atoms with Gasteiger partial charge < -0.3 is 11.1 Å². The molecule has 0 unspecified atom stereocenters. The van der Waals surface area contributed by atoms with Crippen molar-refractivity contribution in [3.05, 3.63) is 0 Å². The Morgan fingerprint density at radius 1 is 1.46 bits per heavy atom. The van der Waals surface area contributed by atoms with Gasteiger partial charge in [0.2, 0.25) is 0 Å². The van der Waals surface area contributed by atoms with Crippen LogP contribution in [-0.2, 0) is 9.84 Å². The number of nitrogens with one attached hydrogen (secondary N) is 1. The maximum atomic E-state index is 11.3. The van der Waals surface area contributed by atoms with Crippen LogP contribution in [0.4, 0.5) is 0 Å². The van der Waals surface area contributed by atoms with E-state index in [9.17, 15) is 8.42 Å². The maximum absolute atomic E-state index is 11.3. The molecule has 0 amide bonds. The summed E-state index contributed by atoms with van der Waals surface area (Å²) in [7, 11) is -3.01. The lowest BCUT2D eigenvalue weighted by Crippen LogP contribution is -2.46. The average Bonchev–Trinajstić information content (AvgIpc) is 1.98. The zero-order valence-corrected chi connectivity index (χ0v) is 9.61. The second-order valence-electron chi connectivity index (χ2n) is 4.05. The van der Waals surface area contributed by atoms with Crippen molar-refractivity contribution in [1.29, 1.82) is 0 Å². The largest absolute Gasteiger partial charge is 0.329 e. The molecule has 0 rings (SSSR count). The number of rotatable bonds is 5. The van der Waals surface area contributed by atoms with Crippen molar-refractivity contribution >= 4 is 9.84 Å². The van der Waals surface area contributed by atoms with E-state index in [1.807, 2.05) is 6.92 Å². The molecule has 0 aromatic heterocycles. The summed E-state index contributed by atoms with van der Waals surface area (Å²) in [6.07, 6.45) is 1.25. The van der Waals surface area contributed by atoms with E-state index >= 15 is 0 Å². The second kappa shape index (κ2) is 4.39. The Morgan fingerprint density at radius 2 is 1.92 bits per heavy atom. The first kappa shape index (κ1) is 12.9. The molecule has 13 heavy (non-hydrogen) atoms. The molecule has 1 atom stereocenters. The quantitative estimate of drug-likeness (QED) is 0.653. The van der Waals surface area contributed by atoms with Crippen LogP contribution in [0, 0.1) is 0 Å². The van der Waals surface area contributed by atoms with Crippen LogP contribution >= 0.6 is 0 Å². The predicted octanol–water partition coefficient (Wildman–Crippen LogP) is -0.254. The lowest BCUT2D eigenvalue weighted by molar-refractivity contribution is 0.483. The molecule has 0 aromatic rings. The third-order valence-corrected chi connectivity index (χ3v) is 4.39. The van der Waals surface area contributed by atoms with Gasteiger partial charge in [0.05, 0.1) is 4.75 Å². The SMILES string of the molecule is C[C@H](CN)NCC(C)(C)S(C)(=O)=O. The van der Waals surface area contributed by atoms with Crippen LogP contribution in [0.5, 0.6) is 0 Å². The first-order valence-electron chi connectivity index (χ1n) is 4.34. The van der Waals surface area contributed by atoms with Gasteiger partial charge in [-0.15, -0.1) is 0 Å². The highest BCUT2D eigenvalue weighted by molar-refractivity contribution is 7.92. The predicted molar refractivity (Wildman–Crippen MR) is 55.4 cm³/mol. The molecule has 3 N–H and O–H groups in total. The zero-order chi connectivity index (χ0) is 10.7. The van der Waals surface area contributed by atoms with Gasteiger partial charge in [0.15, 0.2) is 9.84 Å². The minimum Gasteiger partial charge on any atom is -0.329 e. The summed E-state index contributed by atoms with van der Waals surface area (Å²) in [5, 5.41) is 3.07. The molecular weight excluding hydrogens is 188 g/mol. The number of nitrogens with two attached hydrogens (primary N) is 1. The van der Waals surface area contributed by atoms with Crippen LogP contribution in [0.2, 0.25) is 0 Å². The summed E-state index contributed by atoms with van der Waals surface area (Å²) in [6.45, 7) is 6.29. The van der Waals surface area contributed by atoms with Crippen LogP contribution in [0.15, 0.2) is 0 Å². The van der Waals surface area contributed by atoms with Crippen molar-refractivity contribution in [2.75, 3.05) is 19.3 Å². The summed E-state index contributed by atoms with van der Waals surface area (Å²) in [6, 6.07) is 0.154. The smallest absolute Gasteiger partial charge is 0.153 e. The topological polar surface area (TPSA) is 72.2 Å². The van der Waals surface area contributed by atoms with E-state index in [-0.39, 0.29) is 6.04 Å². The summed E-state index contributed by atoms with van der Waals surface area (Å²) < 4.78 is 21.8. The second-order valence-corrected chi connectivity index (χ2v) is 6.70. The van der Waals surface area contributed by atoms with Gasteiger partial charge >= 0.3 is 0 Å². The number of hydrogen-bond donors (Lipinski definition) is 2. The van der Waals surface area contributed by atoms with Crippen LogP contribution in [0.1, 0.15) is 20.8 Å². The van der Waals surface area contributed by atoms with Crippen molar-refractivity contribution < 1.29 is 8.42 Å². The molecule has 5 heteroatoms. The van der Waals surface area contributed by atoms with Gasteiger partial charge in [0.1, 0.15) is 0 Å². The molecule has 0 aliphatic heterocycles. The lowest BCUT2D eigenvalue weighted by atomic mass is 10.2. The van der Waals surface area contributed by atoms with Crippen LogP contribution in [0.25, 0.3) is 0 Å². The monoisotopic (exact) mass is 208 g/mol. The third-order valence-electron chi connectivity index (χ3n) is 2.23. The molecule has 0 heterocycles. The summed E-state index contributed by atoms with van der Waals surface area (Å²) >= 11 is 0. The summed E-state index contributed by atoms with van der Waals surface area (Å²) in [5.41, 5.74) is 5.40. The first-order chi connectivity index (χ1) is 5.70. The first-order valence-corrected chi connectivity index (χ1v) is 6.23. The molecule has 0 saturated heterocycles. The van der Waals surface area contributed by atoms with Crippen molar-refractivity contribution in [1.82, 2.24) is 5.32 Å². The van der Waals surface area contributed by atoms with Gasteiger partial charge in [0.25, 0.3) is 0 Å². The van der Waals surface area contributed by atoms with Gasteiger partial charge in [-0.05, 0) is 20.8 Å². The maximum Gasteiger partial charge on any atom is 0.153 e. The molecule has 0 bridgehead atoms. The minimum absolute atomic E-state index is 0.154. The summed E-state index contributed by atoms with van der Waals surface area (Å²) in [4.78, 5) is 0. The van der Waals surface area contributed by atoms with E-state index in [2.05, 4.69) is 5.32 Å². The fraction of sp³-hybridized carbons (Fsp3) is 1.00. The number of sulfone groups is 1. The molecule has 0 radical (unpaired) electrons.